The predicted molar refractivity (Wildman–Crippen MR) is 152 cm³/mol. The summed E-state index contributed by atoms with van der Waals surface area (Å²) in [6.07, 6.45) is 3.21. The minimum Gasteiger partial charge on any atom is -0.507 e. The van der Waals surface area contributed by atoms with E-state index in [0.717, 1.165) is 16.7 Å². The minimum absolute atomic E-state index is 0.0386. The van der Waals surface area contributed by atoms with Crippen LogP contribution in [0.5, 0.6) is 5.75 Å². The minimum atomic E-state index is -0.882. The zero-order chi connectivity index (χ0) is 28.9. The van der Waals surface area contributed by atoms with E-state index in [9.17, 15) is 19.5 Å². The van der Waals surface area contributed by atoms with Gasteiger partial charge in [-0.2, -0.15) is 0 Å². The van der Waals surface area contributed by atoms with Crippen molar-refractivity contribution >= 4 is 23.4 Å². The predicted octanol–water partition coefficient (Wildman–Crippen LogP) is 5.38. The van der Waals surface area contributed by atoms with Crippen molar-refractivity contribution in [2.75, 3.05) is 7.11 Å². The SMILES string of the molecule is COC(=O)c1ccc([C@H]2C(=C(O)c3ccc(OCc4cccc(C)c4)cc3)C(=O)C(=O)N2Cc2ccncc2)cc1. The van der Waals surface area contributed by atoms with Gasteiger partial charge in [-0.25, -0.2) is 4.79 Å². The number of ketones is 1. The maximum absolute atomic E-state index is 13.4. The summed E-state index contributed by atoms with van der Waals surface area (Å²) in [5.41, 5.74) is 4.15. The number of aliphatic hydroxyl groups excluding tert-OH is 1. The van der Waals surface area contributed by atoms with Crippen molar-refractivity contribution in [3.63, 3.8) is 0 Å². The fraction of sp³-hybridized carbons (Fsp3) is 0.152. The molecule has 1 N–H and O–H groups in total. The number of carbonyl (C=O) groups is 3. The Bertz CT molecular complexity index is 1610. The van der Waals surface area contributed by atoms with E-state index in [-0.39, 0.29) is 17.9 Å². The summed E-state index contributed by atoms with van der Waals surface area (Å²) in [6, 6.07) is 23.8. The summed E-state index contributed by atoms with van der Waals surface area (Å²) >= 11 is 0. The van der Waals surface area contributed by atoms with Crippen LogP contribution in [0.3, 0.4) is 0 Å². The number of methoxy groups -OCH3 is 1. The van der Waals surface area contributed by atoms with Gasteiger partial charge in [-0.3, -0.25) is 14.6 Å². The number of ether oxygens (including phenoxy) is 2. The van der Waals surface area contributed by atoms with Crippen molar-refractivity contribution in [2.24, 2.45) is 0 Å². The largest absolute Gasteiger partial charge is 0.507 e. The molecule has 41 heavy (non-hydrogen) atoms. The number of hydrogen-bond acceptors (Lipinski definition) is 7. The van der Waals surface area contributed by atoms with Crippen LogP contribution in [0.4, 0.5) is 0 Å². The van der Waals surface area contributed by atoms with E-state index in [4.69, 9.17) is 9.47 Å². The van der Waals surface area contributed by atoms with Gasteiger partial charge in [-0.15, -0.1) is 0 Å². The molecule has 0 saturated carbocycles. The molecule has 1 amide bonds. The second kappa shape index (κ2) is 11.9. The number of Topliss-reactive ketones (excluding diaryl/α,β-unsaturated/α-hetero) is 1. The summed E-state index contributed by atoms with van der Waals surface area (Å²) < 4.78 is 10.7. The zero-order valence-electron chi connectivity index (χ0n) is 22.6. The lowest BCUT2D eigenvalue weighted by Gasteiger charge is -2.25. The zero-order valence-corrected chi connectivity index (χ0v) is 22.6. The van der Waals surface area contributed by atoms with Crippen molar-refractivity contribution in [1.29, 1.82) is 0 Å². The summed E-state index contributed by atoms with van der Waals surface area (Å²) in [7, 11) is 1.29. The third-order valence-electron chi connectivity index (χ3n) is 6.91. The number of benzene rings is 3. The normalized spacial score (nSPS) is 16.0. The molecule has 0 spiro atoms. The number of likely N-dealkylation sites (tertiary alicyclic amines) is 1. The number of carbonyl (C=O) groups excluding carboxylic acids is 3. The second-order valence-electron chi connectivity index (χ2n) is 9.70. The van der Waals surface area contributed by atoms with E-state index >= 15 is 0 Å². The Balaban J connectivity index is 1.48. The number of amides is 1. The van der Waals surface area contributed by atoms with Crippen molar-refractivity contribution < 1.29 is 29.0 Å². The van der Waals surface area contributed by atoms with Crippen molar-refractivity contribution in [1.82, 2.24) is 9.88 Å². The number of aliphatic hydroxyl groups is 1. The summed E-state index contributed by atoms with van der Waals surface area (Å²) in [6.45, 7) is 2.52. The molecule has 1 aliphatic heterocycles. The first-order chi connectivity index (χ1) is 19.9. The van der Waals surface area contributed by atoms with Crippen LogP contribution in [0, 0.1) is 6.92 Å². The van der Waals surface area contributed by atoms with E-state index in [1.165, 1.54) is 12.0 Å². The standard InChI is InChI=1S/C33H28N2O6/c1-21-4-3-5-23(18-21)20-41-27-12-10-25(11-13-27)30(36)28-29(24-6-8-26(9-7-24)33(39)40-2)35(32(38)31(28)37)19-22-14-16-34-17-15-22/h3-18,29,36H,19-20H2,1-2H3/t29-/m0/s1. The first kappa shape index (κ1) is 27.3. The van der Waals surface area contributed by atoms with Crippen LogP contribution in [0.1, 0.15) is 44.2 Å². The fourth-order valence-corrected chi connectivity index (χ4v) is 4.83. The van der Waals surface area contributed by atoms with Crippen LogP contribution in [0.25, 0.3) is 5.76 Å². The second-order valence-corrected chi connectivity index (χ2v) is 9.70. The van der Waals surface area contributed by atoms with Gasteiger partial charge in [-0.05, 0) is 72.1 Å². The molecular weight excluding hydrogens is 520 g/mol. The highest BCUT2D eigenvalue weighted by Crippen LogP contribution is 2.40. The third kappa shape index (κ3) is 5.86. The van der Waals surface area contributed by atoms with Crippen molar-refractivity contribution in [3.8, 4) is 5.75 Å². The molecule has 0 unspecified atom stereocenters. The average molecular weight is 549 g/mol. The molecule has 0 radical (unpaired) electrons. The Labute approximate surface area is 237 Å². The van der Waals surface area contributed by atoms with E-state index in [1.54, 1.807) is 73.1 Å². The number of aromatic nitrogens is 1. The first-order valence-corrected chi connectivity index (χ1v) is 13.0. The molecule has 1 saturated heterocycles. The van der Waals surface area contributed by atoms with Gasteiger partial charge >= 0.3 is 5.97 Å². The first-order valence-electron chi connectivity index (χ1n) is 13.0. The Morgan fingerprint density at radius 1 is 0.902 bits per heavy atom. The van der Waals surface area contributed by atoms with Crippen molar-refractivity contribution in [3.05, 3.63) is 136 Å². The van der Waals surface area contributed by atoms with Crippen LogP contribution in [0.2, 0.25) is 0 Å². The number of esters is 1. The molecule has 1 aromatic heterocycles. The third-order valence-corrected chi connectivity index (χ3v) is 6.91. The summed E-state index contributed by atoms with van der Waals surface area (Å²) in [5.74, 6) is -1.74. The van der Waals surface area contributed by atoms with Gasteiger partial charge in [0.1, 0.15) is 18.1 Å². The van der Waals surface area contributed by atoms with Gasteiger partial charge in [0.2, 0.25) is 0 Å². The topological polar surface area (TPSA) is 106 Å². The molecule has 3 aromatic carbocycles. The summed E-state index contributed by atoms with van der Waals surface area (Å²) in [5, 5.41) is 11.4. The highest BCUT2D eigenvalue weighted by atomic mass is 16.5. The average Bonchev–Trinajstić information content (AvgIpc) is 3.25. The Morgan fingerprint density at radius 3 is 2.24 bits per heavy atom. The maximum Gasteiger partial charge on any atom is 0.337 e. The molecule has 0 bridgehead atoms. The summed E-state index contributed by atoms with van der Waals surface area (Å²) in [4.78, 5) is 44.0. The maximum atomic E-state index is 13.4. The van der Waals surface area contributed by atoms with Gasteiger partial charge in [0, 0.05) is 24.5 Å². The Morgan fingerprint density at radius 2 is 1.59 bits per heavy atom. The Hall–Kier alpha value is -5.24. The molecule has 1 atom stereocenters. The number of hydrogen-bond donors (Lipinski definition) is 1. The molecule has 5 rings (SSSR count). The molecule has 0 aliphatic carbocycles. The molecule has 8 heteroatoms. The fourth-order valence-electron chi connectivity index (χ4n) is 4.83. The van der Waals surface area contributed by atoms with Crippen LogP contribution >= 0.6 is 0 Å². The van der Waals surface area contributed by atoms with Crippen LogP contribution in [-0.2, 0) is 27.5 Å². The highest BCUT2D eigenvalue weighted by molar-refractivity contribution is 6.46. The van der Waals surface area contributed by atoms with Crippen LogP contribution in [0.15, 0.2) is 103 Å². The number of aryl methyl sites for hydroxylation is 1. The van der Waals surface area contributed by atoms with E-state index < -0.39 is 23.7 Å². The van der Waals surface area contributed by atoms with E-state index in [0.29, 0.717) is 29.0 Å². The van der Waals surface area contributed by atoms with Crippen LogP contribution < -0.4 is 4.74 Å². The van der Waals surface area contributed by atoms with Crippen molar-refractivity contribution in [2.45, 2.75) is 26.1 Å². The van der Waals surface area contributed by atoms with Crippen LogP contribution in [-0.4, -0.2) is 39.8 Å². The van der Waals surface area contributed by atoms with E-state index in [2.05, 4.69) is 4.98 Å². The molecule has 1 fully saturated rings. The molecule has 206 valence electrons. The smallest absolute Gasteiger partial charge is 0.337 e. The number of nitrogens with zero attached hydrogens (tertiary/aromatic N) is 2. The molecule has 8 nitrogen and oxygen atoms in total. The molecular formula is C33H28N2O6. The molecule has 2 heterocycles. The lowest BCUT2D eigenvalue weighted by Crippen LogP contribution is -2.29. The quantitative estimate of drug-likeness (QED) is 0.136. The molecule has 1 aliphatic rings. The lowest BCUT2D eigenvalue weighted by atomic mass is 9.94. The van der Waals surface area contributed by atoms with Gasteiger partial charge in [0.15, 0.2) is 0 Å². The monoisotopic (exact) mass is 548 g/mol. The van der Waals surface area contributed by atoms with Gasteiger partial charge in [-0.1, -0.05) is 42.0 Å². The lowest BCUT2D eigenvalue weighted by molar-refractivity contribution is -0.140. The van der Waals surface area contributed by atoms with E-state index in [1.807, 2.05) is 31.2 Å². The van der Waals surface area contributed by atoms with Gasteiger partial charge < -0.3 is 19.5 Å². The number of rotatable bonds is 8. The highest BCUT2D eigenvalue weighted by Gasteiger charge is 2.46. The van der Waals surface area contributed by atoms with Gasteiger partial charge in [0.05, 0.1) is 24.3 Å². The van der Waals surface area contributed by atoms with Gasteiger partial charge in [0.25, 0.3) is 11.7 Å². The molecule has 4 aromatic rings. The Kier molecular flexibility index (Phi) is 7.92. The number of pyridine rings is 1.